The molecule has 1 saturated heterocycles. The molecule has 1 aliphatic rings. The van der Waals surface area contributed by atoms with E-state index in [9.17, 15) is 9.59 Å². The molecule has 1 fully saturated rings. The van der Waals surface area contributed by atoms with Crippen LogP contribution in [0, 0.1) is 5.92 Å². The minimum absolute atomic E-state index is 0. The van der Waals surface area contributed by atoms with Crippen LogP contribution in [0.1, 0.15) is 28.8 Å². The maximum absolute atomic E-state index is 12.1. The second kappa shape index (κ2) is 12.9. The van der Waals surface area contributed by atoms with Crippen LogP contribution < -0.4 is 16.0 Å². The lowest BCUT2D eigenvalue weighted by atomic mass is 9.99. The molecule has 2 rings (SSSR count). The molecule has 2 amide bonds. The second-order valence-electron chi connectivity index (χ2n) is 6.52. The molecule has 26 heavy (non-hydrogen) atoms. The van der Waals surface area contributed by atoms with E-state index in [-0.39, 0.29) is 42.5 Å². The van der Waals surface area contributed by atoms with Gasteiger partial charge in [-0.15, -0.1) is 24.8 Å². The van der Waals surface area contributed by atoms with Crippen molar-refractivity contribution >= 4 is 36.6 Å². The molecule has 1 aliphatic heterocycles. The summed E-state index contributed by atoms with van der Waals surface area (Å²) < 4.78 is 0. The molecule has 0 spiro atoms. The Bertz CT molecular complexity index is 547. The third-order valence-corrected chi connectivity index (χ3v) is 4.20. The number of hydrogen-bond donors (Lipinski definition) is 3. The fourth-order valence-corrected chi connectivity index (χ4v) is 2.68. The lowest BCUT2D eigenvalue weighted by Gasteiger charge is -2.21. The summed E-state index contributed by atoms with van der Waals surface area (Å²) in [7, 11) is 3.94. The van der Waals surface area contributed by atoms with E-state index >= 15 is 0 Å². The van der Waals surface area contributed by atoms with E-state index in [0.717, 1.165) is 38.0 Å². The van der Waals surface area contributed by atoms with E-state index in [1.807, 2.05) is 31.1 Å². The van der Waals surface area contributed by atoms with E-state index in [1.54, 1.807) is 12.1 Å². The number of amides is 2. The molecule has 1 unspecified atom stereocenters. The Kier molecular flexibility index (Phi) is 12.3. The van der Waals surface area contributed by atoms with Gasteiger partial charge >= 0.3 is 0 Å². The van der Waals surface area contributed by atoms with E-state index < -0.39 is 0 Å². The Morgan fingerprint density at radius 2 is 1.85 bits per heavy atom. The standard InChI is InChI=1S/C18H28N4O2.2ClH/c1-22(2)11-10-20-17(23)15-7-5-14(6-8-15)12-21-18(24)16-4-3-9-19-13-16;;/h5-8,16,19H,3-4,9-13H2,1-2H3,(H,20,23)(H,21,24);2*1H. The number of carbonyl (C=O) groups is 2. The molecule has 1 aromatic carbocycles. The number of benzene rings is 1. The lowest BCUT2D eigenvalue weighted by Crippen LogP contribution is -2.40. The van der Waals surface area contributed by atoms with Gasteiger partial charge in [0, 0.05) is 31.7 Å². The zero-order chi connectivity index (χ0) is 17.4. The molecule has 0 radical (unpaired) electrons. The van der Waals surface area contributed by atoms with Crippen LogP contribution in [0.2, 0.25) is 0 Å². The highest BCUT2D eigenvalue weighted by Gasteiger charge is 2.20. The molecule has 0 bridgehead atoms. The van der Waals surface area contributed by atoms with Gasteiger partial charge in [-0.25, -0.2) is 0 Å². The highest BCUT2D eigenvalue weighted by atomic mass is 35.5. The smallest absolute Gasteiger partial charge is 0.251 e. The third-order valence-electron chi connectivity index (χ3n) is 4.20. The zero-order valence-corrected chi connectivity index (χ0v) is 17.0. The molecule has 148 valence electrons. The van der Waals surface area contributed by atoms with Crippen LogP contribution in [0.3, 0.4) is 0 Å². The van der Waals surface area contributed by atoms with Gasteiger partial charge in [-0.1, -0.05) is 12.1 Å². The zero-order valence-electron chi connectivity index (χ0n) is 15.4. The molecule has 0 saturated carbocycles. The number of hydrogen-bond acceptors (Lipinski definition) is 4. The fraction of sp³-hybridized carbons (Fsp3) is 0.556. The highest BCUT2D eigenvalue weighted by Crippen LogP contribution is 2.10. The Labute approximate surface area is 168 Å². The number of likely N-dealkylation sites (N-methyl/N-ethyl adjacent to an activating group) is 1. The molecule has 1 aromatic rings. The third kappa shape index (κ3) is 8.36. The predicted octanol–water partition coefficient (Wildman–Crippen LogP) is 1.44. The van der Waals surface area contributed by atoms with Crippen molar-refractivity contribution < 1.29 is 9.59 Å². The largest absolute Gasteiger partial charge is 0.352 e. The maximum Gasteiger partial charge on any atom is 0.251 e. The van der Waals surface area contributed by atoms with Crippen molar-refractivity contribution in [3.63, 3.8) is 0 Å². The molecule has 3 N–H and O–H groups in total. The number of carbonyl (C=O) groups excluding carboxylic acids is 2. The van der Waals surface area contributed by atoms with Crippen molar-refractivity contribution in [1.82, 2.24) is 20.9 Å². The van der Waals surface area contributed by atoms with Crippen LogP contribution in [0.15, 0.2) is 24.3 Å². The van der Waals surface area contributed by atoms with Gasteiger partial charge in [0.1, 0.15) is 0 Å². The summed E-state index contributed by atoms with van der Waals surface area (Å²) >= 11 is 0. The van der Waals surface area contributed by atoms with Crippen molar-refractivity contribution in [2.24, 2.45) is 5.92 Å². The first-order valence-electron chi connectivity index (χ1n) is 8.56. The number of piperidine rings is 1. The van der Waals surface area contributed by atoms with E-state index in [2.05, 4.69) is 16.0 Å². The molecule has 1 heterocycles. The minimum atomic E-state index is -0.0688. The molecule has 6 nitrogen and oxygen atoms in total. The topological polar surface area (TPSA) is 73.5 Å². The maximum atomic E-state index is 12.1. The fourth-order valence-electron chi connectivity index (χ4n) is 2.68. The van der Waals surface area contributed by atoms with Gasteiger partial charge in [0.2, 0.25) is 5.91 Å². The Morgan fingerprint density at radius 3 is 2.42 bits per heavy atom. The first-order valence-corrected chi connectivity index (χ1v) is 8.56. The van der Waals surface area contributed by atoms with Gasteiger partial charge in [-0.05, 0) is 51.2 Å². The van der Waals surface area contributed by atoms with Gasteiger partial charge in [0.05, 0.1) is 5.92 Å². The number of rotatable bonds is 7. The van der Waals surface area contributed by atoms with Crippen molar-refractivity contribution in [3.05, 3.63) is 35.4 Å². The first-order chi connectivity index (χ1) is 11.6. The van der Waals surface area contributed by atoms with Crippen molar-refractivity contribution in [1.29, 1.82) is 0 Å². The Hall–Kier alpha value is -1.34. The predicted molar refractivity (Wildman–Crippen MR) is 109 cm³/mol. The molecule has 8 heteroatoms. The van der Waals surface area contributed by atoms with Gasteiger partial charge in [-0.2, -0.15) is 0 Å². The van der Waals surface area contributed by atoms with Crippen molar-refractivity contribution in [2.45, 2.75) is 19.4 Å². The summed E-state index contributed by atoms with van der Waals surface area (Å²) in [5, 5.41) is 9.11. The van der Waals surface area contributed by atoms with Crippen LogP contribution in [-0.2, 0) is 11.3 Å². The Balaban J connectivity index is 0.00000312. The molecule has 1 atom stereocenters. The summed E-state index contributed by atoms with van der Waals surface area (Å²) in [6, 6.07) is 7.38. The number of nitrogens with one attached hydrogen (secondary N) is 3. The minimum Gasteiger partial charge on any atom is -0.352 e. The van der Waals surface area contributed by atoms with Crippen LogP contribution in [-0.4, -0.2) is 57.0 Å². The molecular weight excluding hydrogens is 375 g/mol. The van der Waals surface area contributed by atoms with E-state index in [1.165, 1.54) is 0 Å². The van der Waals surface area contributed by atoms with Gasteiger partial charge in [-0.3, -0.25) is 9.59 Å². The van der Waals surface area contributed by atoms with Gasteiger partial charge < -0.3 is 20.9 Å². The molecule has 0 aliphatic carbocycles. The molecular formula is C18H30Cl2N4O2. The SMILES string of the molecule is CN(C)CCNC(=O)c1ccc(CNC(=O)C2CCCNC2)cc1.Cl.Cl. The average molecular weight is 405 g/mol. The highest BCUT2D eigenvalue weighted by molar-refractivity contribution is 5.94. The first kappa shape index (κ1) is 24.7. The van der Waals surface area contributed by atoms with Crippen LogP contribution in [0.4, 0.5) is 0 Å². The quantitative estimate of drug-likeness (QED) is 0.642. The van der Waals surface area contributed by atoms with Crippen LogP contribution in [0.25, 0.3) is 0 Å². The molecule has 0 aromatic heterocycles. The number of halogens is 2. The summed E-state index contributed by atoms with van der Waals surface area (Å²) in [5.74, 6) is 0.105. The summed E-state index contributed by atoms with van der Waals surface area (Å²) in [6.07, 6.45) is 2.00. The normalized spacial score (nSPS) is 16.2. The van der Waals surface area contributed by atoms with Crippen molar-refractivity contribution in [2.75, 3.05) is 40.3 Å². The average Bonchev–Trinajstić information content (AvgIpc) is 2.60. The number of nitrogens with zero attached hydrogens (tertiary/aromatic N) is 1. The van der Waals surface area contributed by atoms with E-state index in [4.69, 9.17) is 0 Å². The lowest BCUT2D eigenvalue weighted by molar-refractivity contribution is -0.125. The monoisotopic (exact) mass is 404 g/mol. The van der Waals surface area contributed by atoms with Gasteiger partial charge in [0.25, 0.3) is 5.91 Å². The summed E-state index contributed by atoms with van der Waals surface area (Å²) in [6.45, 7) is 3.70. The van der Waals surface area contributed by atoms with E-state index in [0.29, 0.717) is 18.7 Å². The van der Waals surface area contributed by atoms with Gasteiger partial charge in [0.15, 0.2) is 0 Å². The second-order valence-corrected chi connectivity index (χ2v) is 6.52. The van der Waals surface area contributed by atoms with Crippen molar-refractivity contribution in [3.8, 4) is 0 Å². The summed E-state index contributed by atoms with van der Waals surface area (Å²) in [5.41, 5.74) is 1.64. The van der Waals surface area contributed by atoms with Crippen LogP contribution >= 0.6 is 24.8 Å². The summed E-state index contributed by atoms with van der Waals surface area (Å²) in [4.78, 5) is 26.1. The van der Waals surface area contributed by atoms with Crippen LogP contribution in [0.5, 0.6) is 0 Å². The Morgan fingerprint density at radius 1 is 1.15 bits per heavy atom.